The third-order valence-electron chi connectivity index (χ3n) is 9.01. The molecule has 2 heterocycles. The zero-order valence-corrected chi connectivity index (χ0v) is 26.9. The van der Waals surface area contributed by atoms with E-state index in [1.165, 1.54) is 6.07 Å². The van der Waals surface area contributed by atoms with Crippen molar-refractivity contribution in [2.24, 2.45) is 5.92 Å². The van der Waals surface area contributed by atoms with Gasteiger partial charge in [-0.25, -0.2) is 9.18 Å². The number of nitrogens with one attached hydrogen (secondary N) is 1. The summed E-state index contributed by atoms with van der Waals surface area (Å²) in [4.78, 5) is 31.6. The number of amides is 2. The molecule has 0 saturated carbocycles. The molecule has 246 valence electrons. The first-order valence-electron chi connectivity index (χ1n) is 15.9. The van der Waals surface area contributed by atoms with E-state index in [1.807, 2.05) is 37.3 Å². The fourth-order valence-electron chi connectivity index (χ4n) is 6.56. The lowest BCUT2D eigenvalue weighted by atomic mass is 9.88. The zero-order chi connectivity index (χ0) is 32.6. The molecular weight excluding hydrogens is 611 g/mol. The van der Waals surface area contributed by atoms with E-state index in [0.29, 0.717) is 68.5 Å². The van der Waals surface area contributed by atoms with Crippen LogP contribution in [-0.2, 0) is 17.8 Å². The number of carboxylic acid groups (broad SMARTS) is 1. The monoisotopic (exact) mass is 652 g/mol. The van der Waals surface area contributed by atoms with Crippen LogP contribution in [0.4, 0.5) is 9.18 Å². The Bertz CT molecular complexity index is 1510. The fraction of sp³-hybridized carbons (Fsp3) is 0.429. The summed E-state index contributed by atoms with van der Waals surface area (Å²) in [5.41, 5.74) is 3.54. The van der Waals surface area contributed by atoms with Gasteiger partial charge in [0, 0.05) is 49.9 Å². The lowest BCUT2D eigenvalue weighted by Crippen LogP contribution is -2.58. The Labute approximate surface area is 274 Å². The number of aromatic hydroxyl groups is 1. The van der Waals surface area contributed by atoms with Crippen LogP contribution in [0, 0.1) is 11.7 Å². The van der Waals surface area contributed by atoms with Gasteiger partial charge in [0.25, 0.3) is 0 Å². The highest BCUT2D eigenvalue weighted by Gasteiger charge is 2.36. The van der Waals surface area contributed by atoms with Crippen LogP contribution in [0.1, 0.15) is 30.9 Å². The van der Waals surface area contributed by atoms with Gasteiger partial charge in [-0.1, -0.05) is 35.9 Å². The van der Waals surface area contributed by atoms with Crippen LogP contribution in [0.25, 0.3) is 11.1 Å². The van der Waals surface area contributed by atoms with E-state index >= 15 is 0 Å². The second-order valence-electron chi connectivity index (χ2n) is 12.0. The Hall–Kier alpha value is -3.86. The van der Waals surface area contributed by atoms with Crippen LogP contribution < -0.4 is 10.1 Å². The summed E-state index contributed by atoms with van der Waals surface area (Å²) in [6, 6.07) is 17.0. The van der Waals surface area contributed by atoms with Crippen LogP contribution in [0.15, 0.2) is 60.7 Å². The minimum Gasteiger partial charge on any atom is -0.508 e. The molecule has 0 radical (unpaired) electrons. The predicted molar refractivity (Wildman–Crippen MR) is 176 cm³/mol. The number of carbonyl (C=O) groups is 2. The van der Waals surface area contributed by atoms with Crippen molar-refractivity contribution in [1.82, 2.24) is 20.0 Å². The highest BCUT2D eigenvalue weighted by atomic mass is 35.5. The number of piperazine rings is 1. The number of hydrogen-bond donors (Lipinski definition) is 3. The van der Waals surface area contributed by atoms with Crippen LogP contribution in [0.5, 0.6) is 11.5 Å². The minimum atomic E-state index is -1.21. The molecule has 0 spiro atoms. The van der Waals surface area contributed by atoms with Gasteiger partial charge >= 0.3 is 6.09 Å². The van der Waals surface area contributed by atoms with Gasteiger partial charge in [-0.3, -0.25) is 9.69 Å². The molecule has 9 nitrogen and oxygen atoms in total. The number of rotatable bonds is 11. The number of ether oxygens (including phenoxy) is 1. The molecule has 46 heavy (non-hydrogen) atoms. The van der Waals surface area contributed by atoms with Crippen LogP contribution >= 0.6 is 11.6 Å². The molecule has 2 amide bonds. The molecule has 0 unspecified atom stereocenters. The summed E-state index contributed by atoms with van der Waals surface area (Å²) in [6.07, 6.45) is 0.941. The maximum atomic E-state index is 14.6. The zero-order valence-electron chi connectivity index (χ0n) is 26.1. The van der Waals surface area contributed by atoms with Crippen LogP contribution in [-0.4, -0.2) is 95.4 Å². The van der Waals surface area contributed by atoms with Crippen molar-refractivity contribution in [3.63, 3.8) is 0 Å². The van der Waals surface area contributed by atoms with Gasteiger partial charge in [-0.2, -0.15) is 0 Å². The maximum Gasteiger partial charge on any atom is 0.405 e. The molecule has 2 saturated heterocycles. The number of phenols is 1. The van der Waals surface area contributed by atoms with E-state index in [0.717, 1.165) is 42.7 Å². The van der Waals surface area contributed by atoms with Crippen molar-refractivity contribution in [2.75, 3.05) is 52.4 Å². The molecule has 0 aliphatic carbocycles. The summed E-state index contributed by atoms with van der Waals surface area (Å²) >= 11 is 6.34. The molecule has 0 aromatic heterocycles. The quantitative estimate of drug-likeness (QED) is 0.252. The Morgan fingerprint density at radius 1 is 1.00 bits per heavy atom. The van der Waals surface area contributed by atoms with Crippen molar-refractivity contribution < 1.29 is 28.9 Å². The average molecular weight is 653 g/mol. The molecule has 3 aromatic rings. The summed E-state index contributed by atoms with van der Waals surface area (Å²) < 4.78 is 20.2. The number of carbonyl (C=O) groups excluding carboxylic acids is 1. The number of likely N-dealkylation sites (tertiary alicyclic amines) is 1. The first-order chi connectivity index (χ1) is 22.2. The standard InChI is InChI=1S/C35H42ClFN4O5/c1-2-46-32-8-4-7-31(37)30(32)23-40-17-19-41(20-18-40)34(43)33(38-35(44)45)24-11-14-39(15-12-24)16-13-26-21-27(36)9-10-29(26)25-5-3-6-28(42)22-25/h3-10,21-22,24,33,38,42H,2,11-20,23H2,1H3,(H,44,45)/t33-/m1/s1. The van der Waals surface area contributed by atoms with Crippen LogP contribution in [0.2, 0.25) is 5.02 Å². The fourth-order valence-corrected chi connectivity index (χ4v) is 6.75. The molecular formula is C35H42ClFN4O5. The van der Waals surface area contributed by atoms with Crippen LogP contribution in [0.3, 0.4) is 0 Å². The molecule has 0 bridgehead atoms. The number of phenolic OH excluding ortho intramolecular Hbond substituents is 1. The molecule has 1 atom stereocenters. The number of benzene rings is 3. The summed E-state index contributed by atoms with van der Waals surface area (Å²) in [6.45, 7) is 6.95. The third-order valence-corrected chi connectivity index (χ3v) is 9.25. The van der Waals surface area contributed by atoms with Crippen molar-refractivity contribution in [3.8, 4) is 22.6 Å². The summed E-state index contributed by atoms with van der Waals surface area (Å²) in [5.74, 6) is 0.115. The van der Waals surface area contributed by atoms with Gasteiger partial charge in [0.1, 0.15) is 23.4 Å². The van der Waals surface area contributed by atoms with E-state index in [4.69, 9.17) is 16.3 Å². The number of nitrogens with zero attached hydrogens (tertiary/aromatic N) is 3. The number of halogens is 2. The van der Waals surface area contributed by atoms with Gasteiger partial charge in [0.2, 0.25) is 5.91 Å². The molecule has 11 heteroatoms. The number of hydrogen-bond acceptors (Lipinski definition) is 6. The molecule has 3 N–H and O–H groups in total. The first kappa shape index (κ1) is 33.5. The normalized spacial score (nSPS) is 17.1. The Morgan fingerprint density at radius 2 is 1.74 bits per heavy atom. The number of piperidine rings is 1. The topological polar surface area (TPSA) is 106 Å². The van der Waals surface area contributed by atoms with Gasteiger partial charge in [0.15, 0.2) is 0 Å². The predicted octanol–water partition coefficient (Wildman–Crippen LogP) is 5.49. The highest BCUT2D eigenvalue weighted by molar-refractivity contribution is 6.30. The summed E-state index contributed by atoms with van der Waals surface area (Å²) in [7, 11) is 0. The van der Waals surface area contributed by atoms with Gasteiger partial charge < -0.3 is 30.1 Å². The van der Waals surface area contributed by atoms with E-state index in [2.05, 4.69) is 15.1 Å². The molecule has 2 fully saturated rings. The second kappa shape index (κ2) is 15.6. The van der Waals surface area contributed by atoms with Gasteiger partial charge in [0.05, 0.1) is 6.61 Å². The second-order valence-corrected chi connectivity index (χ2v) is 12.4. The Morgan fingerprint density at radius 3 is 2.43 bits per heavy atom. The van der Waals surface area contributed by atoms with E-state index in [1.54, 1.807) is 29.2 Å². The van der Waals surface area contributed by atoms with E-state index in [-0.39, 0.29) is 23.4 Å². The summed E-state index contributed by atoms with van der Waals surface area (Å²) in [5, 5.41) is 22.8. The minimum absolute atomic E-state index is 0.112. The molecule has 2 aliphatic rings. The lowest BCUT2D eigenvalue weighted by Gasteiger charge is -2.40. The highest BCUT2D eigenvalue weighted by Crippen LogP contribution is 2.30. The lowest BCUT2D eigenvalue weighted by molar-refractivity contribution is -0.137. The molecule has 5 rings (SSSR count). The first-order valence-corrected chi connectivity index (χ1v) is 16.3. The largest absolute Gasteiger partial charge is 0.508 e. The Kier molecular flexibility index (Phi) is 11.4. The molecule has 3 aromatic carbocycles. The van der Waals surface area contributed by atoms with Crippen molar-refractivity contribution in [2.45, 2.75) is 38.8 Å². The third kappa shape index (κ3) is 8.48. The van der Waals surface area contributed by atoms with E-state index < -0.39 is 12.1 Å². The van der Waals surface area contributed by atoms with Gasteiger partial charge in [-0.05, 0) is 98.3 Å². The Balaban J connectivity index is 1.15. The SMILES string of the molecule is CCOc1cccc(F)c1CN1CCN(C(=O)[C@H](NC(=O)O)C2CCN(CCc3cc(Cl)ccc3-c3cccc(O)c3)CC2)CC1. The van der Waals surface area contributed by atoms with Crippen molar-refractivity contribution in [3.05, 3.63) is 82.6 Å². The maximum absolute atomic E-state index is 14.6. The van der Waals surface area contributed by atoms with E-state index in [9.17, 15) is 24.2 Å². The molecule has 2 aliphatic heterocycles. The van der Waals surface area contributed by atoms with Gasteiger partial charge in [-0.15, -0.1) is 0 Å². The smallest absolute Gasteiger partial charge is 0.405 e. The average Bonchev–Trinajstić information content (AvgIpc) is 3.04. The van der Waals surface area contributed by atoms with Crippen molar-refractivity contribution in [1.29, 1.82) is 0 Å². The van der Waals surface area contributed by atoms with Crippen molar-refractivity contribution >= 4 is 23.6 Å².